The van der Waals surface area contributed by atoms with E-state index in [0.717, 1.165) is 30.6 Å². The van der Waals surface area contributed by atoms with E-state index < -0.39 is 5.82 Å². The molecule has 20 heavy (non-hydrogen) atoms. The Balaban J connectivity index is 1.88. The van der Waals surface area contributed by atoms with Crippen LogP contribution in [0, 0.1) is 11.2 Å². The van der Waals surface area contributed by atoms with E-state index in [1.807, 2.05) is 0 Å². The number of piperidine rings is 1. The molecule has 0 N–H and O–H groups in total. The first-order chi connectivity index (χ1) is 9.61. The largest absolute Gasteiger partial charge is 0.274 e. The number of para-hydroxylation sites is 1. The SMILES string of the molecule is O=C1CC2(CCCCC2)CC(=O)N1c1ccccc1F. The van der Waals surface area contributed by atoms with Gasteiger partial charge in [0.2, 0.25) is 11.8 Å². The van der Waals surface area contributed by atoms with Crippen molar-refractivity contribution in [2.24, 2.45) is 5.41 Å². The van der Waals surface area contributed by atoms with E-state index in [4.69, 9.17) is 0 Å². The van der Waals surface area contributed by atoms with Crippen LogP contribution in [0.15, 0.2) is 24.3 Å². The van der Waals surface area contributed by atoms with Gasteiger partial charge in [-0.25, -0.2) is 9.29 Å². The maximum atomic E-state index is 13.8. The summed E-state index contributed by atoms with van der Waals surface area (Å²) >= 11 is 0. The number of nitrogens with zero attached hydrogens (tertiary/aromatic N) is 1. The minimum absolute atomic E-state index is 0.0909. The Kier molecular flexibility index (Phi) is 3.32. The number of carbonyl (C=O) groups excluding carboxylic acids is 2. The van der Waals surface area contributed by atoms with E-state index in [0.29, 0.717) is 12.8 Å². The molecule has 1 aromatic rings. The van der Waals surface area contributed by atoms with Crippen molar-refractivity contribution in [1.82, 2.24) is 0 Å². The second-order valence-corrected chi connectivity index (χ2v) is 5.99. The number of benzene rings is 1. The summed E-state index contributed by atoms with van der Waals surface area (Å²) in [4.78, 5) is 25.8. The number of hydrogen-bond donors (Lipinski definition) is 0. The lowest BCUT2D eigenvalue weighted by Crippen LogP contribution is -2.49. The number of amides is 2. The molecular formula is C16H18FNO2. The van der Waals surface area contributed by atoms with Crippen molar-refractivity contribution in [3.63, 3.8) is 0 Å². The van der Waals surface area contributed by atoms with Crippen molar-refractivity contribution in [2.45, 2.75) is 44.9 Å². The van der Waals surface area contributed by atoms with Gasteiger partial charge in [0, 0.05) is 12.8 Å². The summed E-state index contributed by atoms with van der Waals surface area (Å²) in [6, 6.07) is 5.97. The zero-order chi connectivity index (χ0) is 14.2. The molecule has 1 aromatic carbocycles. The maximum absolute atomic E-state index is 13.8. The Bertz CT molecular complexity index is 529. The number of carbonyl (C=O) groups is 2. The van der Waals surface area contributed by atoms with Gasteiger partial charge in [-0.15, -0.1) is 0 Å². The monoisotopic (exact) mass is 275 g/mol. The van der Waals surface area contributed by atoms with Gasteiger partial charge in [-0.1, -0.05) is 31.4 Å². The van der Waals surface area contributed by atoms with Crippen LogP contribution in [-0.4, -0.2) is 11.8 Å². The third-order valence-corrected chi connectivity index (χ3v) is 4.56. The average molecular weight is 275 g/mol. The van der Waals surface area contributed by atoms with Crippen molar-refractivity contribution >= 4 is 17.5 Å². The summed E-state index contributed by atoms with van der Waals surface area (Å²) in [7, 11) is 0. The van der Waals surface area contributed by atoms with Crippen LogP contribution >= 0.6 is 0 Å². The number of halogens is 1. The van der Waals surface area contributed by atoms with E-state index in [9.17, 15) is 14.0 Å². The summed E-state index contributed by atoms with van der Waals surface area (Å²) in [5.41, 5.74) is -0.0677. The van der Waals surface area contributed by atoms with Crippen LogP contribution in [0.4, 0.5) is 10.1 Å². The molecule has 1 saturated heterocycles. The van der Waals surface area contributed by atoms with Crippen molar-refractivity contribution in [3.8, 4) is 0 Å². The van der Waals surface area contributed by atoms with E-state index >= 15 is 0 Å². The molecule has 0 radical (unpaired) electrons. The van der Waals surface area contributed by atoms with Gasteiger partial charge in [-0.05, 0) is 30.4 Å². The van der Waals surface area contributed by atoms with Gasteiger partial charge in [0.05, 0.1) is 5.69 Å². The zero-order valence-corrected chi connectivity index (χ0v) is 11.4. The zero-order valence-electron chi connectivity index (χ0n) is 11.4. The quantitative estimate of drug-likeness (QED) is 0.736. The molecule has 3 rings (SSSR count). The standard InChI is InChI=1S/C16H18FNO2/c17-12-6-2-3-7-13(12)18-14(19)10-16(11-15(18)20)8-4-1-5-9-16/h2-3,6-7H,1,4-5,8-11H2. The summed E-state index contributed by atoms with van der Waals surface area (Å²) in [5.74, 6) is -1.03. The molecule has 0 bridgehead atoms. The highest BCUT2D eigenvalue weighted by molar-refractivity contribution is 6.17. The summed E-state index contributed by atoms with van der Waals surface area (Å²) < 4.78 is 13.8. The Morgan fingerprint density at radius 2 is 1.55 bits per heavy atom. The first kappa shape index (κ1) is 13.3. The molecule has 2 fully saturated rings. The van der Waals surface area contributed by atoms with Gasteiger partial charge in [-0.2, -0.15) is 0 Å². The predicted octanol–water partition coefficient (Wildman–Crippen LogP) is 3.43. The highest BCUT2D eigenvalue weighted by atomic mass is 19.1. The number of imide groups is 1. The normalized spacial score (nSPS) is 22.4. The molecular weight excluding hydrogens is 257 g/mol. The van der Waals surface area contributed by atoms with Crippen LogP contribution in [0.25, 0.3) is 0 Å². The molecule has 1 spiro atoms. The Labute approximate surface area is 117 Å². The lowest BCUT2D eigenvalue weighted by atomic mass is 9.67. The molecule has 1 heterocycles. The van der Waals surface area contributed by atoms with Crippen LogP contribution in [0.3, 0.4) is 0 Å². The molecule has 1 aliphatic heterocycles. The molecule has 2 aliphatic rings. The van der Waals surface area contributed by atoms with Crippen molar-refractivity contribution in [3.05, 3.63) is 30.1 Å². The molecule has 0 unspecified atom stereocenters. The fraction of sp³-hybridized carbons (Fsp3) is 0.500. The van der Waals surface area contributed by atoms with E-state index in [1.165, 1.54) is 18.6 Å². The van der Waals surface area contributed by atoms with Crippen molar-refractivity contribution < 1.29 is 14.0 Å². The molecule has 0 aromatic heterocycles. The fourth-order valence-electron chi connectivity index (χ4n) is 3.56. The van der Waals surface area contributed by atoms with Gasteiger partial charge in [0.15, 0.2) is 0 Å². The topological polar surface area (TPSA) is 37.4 Å². The molecule has 4 heteroatoms. The fourth-order valence-corrected chi connectivity index (χ4v) is 3.56. The Morgan fingerprint density at radius 1 is 0.950 bits per heavy atom. The molecule has 3 nitrogen and oxygen atoms in total. The highest BCUT2D eigenvalue weighted by Gasteiger charge is 2.44. The minimum Gasteiger partial charge on any atom is -0.274 e. The second-order valence-electron chi connectivity index (χ2n) is 5.99. The maximum Gasteiger partial charge on any atom is 0.234 e. The highest BCUT2D eigenvalue weighted by Crippen LogP contribution is 2.46. The smallest absolute Gasteiger partial charge is 0.234 e. The van der Waals surface area contributed by atoms with Gasteiger partial charge in [0.1, 0.15) is 5.82 Å². The Hall–Kier alpha value is -1.71. The lowest BCUT2D eigenvalue weighted by Gasteiger charge is -2.42. The molecule has 106 valence electrons. The third kappa shape index (κ3) is 2.23. The van der Waals surface area contributed by atoms with Gasteiger partial charge in [-0.3, -0.25) is 9.59 Å². The third-order valence-electron chi connectivity index (χ3n) is 4.56. The van der Waals surface area contributed by atoms with Crippen LogP contribution in [0.2, 0.25) is 0 Å². The molecule has 1 aliphatic carbocycles. The lowest BCUT2D eigenvalue weighted by molar-refractivity contribution is -0.134. The predicted molar refractivity (Wildman–Crippen MR) is 73.6 cm³/mol. The summed E-state index contributed by atoms with van der Waals surface area (Å²) in [6.07, 6.45) is 5.97. The number of hydrogen-bond acceptors (Lipinski definition) is 2. The average Bonchev–Trinajstić information content (AvgIpc) is 2.41. The first-order valence-electron chi connectivity index (χ1n) is 7.22. The van der Waals surface area contributed by atoms with Gasteiger partial charge < -0.3 is 0 Å². The summed E-state index contributed by atoms with van der Waals surface area (Å²) in [5, 5.41) is 0. The van der Waals surface area contributed by atoms with Crippen molar-refractivity contribution in [1.29, 1.82) is 0 Å². The number of rotatable bonds is 1. The van der Waals surface area contributed by atoms with Gasteiger partial charge in [0.25, 0.3) is 0 Å². The van der Waals surface area contributed by atoms with Crippen LogP contribution in [0.5, 0.6) is 0 Å². The van der Waals surface area contributed by atoms with Crippen LogP contribution in [-0.2, 0) is 9.59 Å². The molecule has 2 amide bonds. The van der Waals surface area contributed by atoms with Crippen molar-refractivity contribution in [2.75, 3.05) is 4.90 Å². The van der Waals surface area contributed by atoms with Crippen LogP contribution in [0.1, 0.15) is 44.9 Å². The molecule has 0 atom stereocenters. The molecule has 1 saturated carbocycles. The Morgan fingerprint density at radius 3 is 2.15 bits per heavy atom. The summed E-state index contributed by atoms with van der Waals surface area (Å²) in [6.45, 7) is 0. The van der Waals surface area contributed by atoms with E-state index in [1.54, 1.807) is 12.1 Å². The second kappa shape index (κ2) is 5.00. The number of anilines is 1. The van der Waals surface area contributed by atoms with Crippen LogP contribution < -0.4 is 4.90 Å². The van der Waals surface area contributed by atoms with E-state index in [-0.39, 0.29) is 22.9 Å². The first-order valence-corrected chi connectivity index (χ1v) is 7.22. The van der Waals surface area contributed by atoms with E-state index in [2.05, 4.69) is 0 Å². The minimum atomic E-state index is -0.520. The van der Waals surface area contributed by atoms with Gasteiger partial charge >= 0.3 is 0 Å².